The van der Waals surface area contributed by atoms with Gasteiger partial charge in [-0.2, -0.15) is 0 Å². The van der Waals surface area contributed by atoms with Gasteiger partial charge in [-0.1, -0.05) is 6.07 Å². The molecule has 1 aromatic rings. The number of hydrogen-bond acceptors (Lipinski definition) is 3. The lowest BCUT2D eigenvalue weighted by Crippen LogP contribution is -2.39. The van der Waals surface area contributed by atoms with Gasteiger partial charge in [-0.05, 0) is 32.0 Å². The van der Waals surface area contributed by atoms with E-state index < -0.39 is 5.97 Å². The Morgan fingerprint density at radius 3 is 2.56 bits per heavy atom. The third-order valence-electron chi connectivity index (χ3n) is 2.70. The summed E-state index contributed by atoms with van der Waals surface area (Å²) in [6.07, 6.45) is -0.0988. The predicted molar refractivity (Wildman–Crippen MR) is 66.5 cm³/mol. The standard InChI is InChI=1S/C13H17NO4/c1-3-14(9(2)7-12(16)17)13(18)10-5-4-6-11(15)8-10/h4-6,8-9,15H,3,7H2,1-2H3,(H,16,17). The van der Waals surface area contributed by atoms with Crippen molar-refractivity contribution in [2.75, 3.05) is 6.54 Å². The van der Waals surface area contributed by atoms with Crippen molar-refractivity contribution in [1.82, 2.24) is 4.90 Å². The van der Waals surface area contributed by atoms with Gasteiger partial charge in [0.1, 0.15) is 5.75 Å². The molecule has 0 spiro atoms. The molecule has 2 N–H and O–H groups in total. The van der Waals surface area contributed by atoms with Crippen molar-refractivity contribution < 1.29 is 19.8 Å². The smallest absolute Gasteiger partial charge is 0.305 e. The number of aromatic hydroxyl groups is 1. The zero-order valence-corrected chi connectivity index (χ0v) is 10.5. The second-order valence-electron chi connectivity index (χ2n) is 4.09. The number of phenolic OH excluding ortho intramolecular Hbond substituents is 1. The summed E-state index contributed by atoms with van der Waals surface area (Å²) in [5.41, 5.74) is 0.356. The molecule has 1 rings (SSSR count). The number of carbonyl (C=O) groups excluding carboxylic acids is 1. The van der Waals surface area contributed by atoms with E-state index in [1.807, 2.05) is 0 Å². The van der Waals surface area contributed by atoms with E-state index >= 15 is 0 Å². The minimum atomic E-state index is -0.940. The first-order valence-electron chi connectivity index (χ1n) is 5.77. The molecule has 0 saturated heterocycles. The first-order valence-corrected chi connectivity index (χ1v) is 5.77. The van der Waals surface area contributed by atoms with Crippen LogP contribution in [0.25, 0.3) is 0 Å². The van der Waals surface area contributed by atoms with E-state index in [-0.39, 0.29) is 24.1 Å². The van der Waals surface area contributed by atoms with Crippen LogP contribution in [0.1, 0.15) is 30.6 Å². The Morgan fingerprint density at radius 1 is 1.39 bits per heavy atom. The highest BCUT2D eigenvalue weighted by atomic mass is 16.4. The van der Waals surface area contributed by atoms with Gasteiger partial charge in [-0.25, -0.2) is 0 Å². The van der Waals surface area contributed by atoms with Crippen LogP contribution in [0.5, 0.6) is 5.75 Å². The topological polar surface area (TPSA) is 77.8 Å². The minimum Gasteiger partial charge on any atom is -0.508 e. The lowest BCUT2D eigenvalue weighted by atomic mass is 10.1. The van der Waals surface area contributed by atoms with Gasteiger partial charge in [0.25, 0.3) is 5.91 Å². The van der Waals surface area contributed by atoms with Gasteiger partial charge in [-0.15, -0.1) is 0 Å². The quantitative estimate of drug-likeness (QED) is 0.835. The van der Waals surface area contributed by atoms with Crippen LogP contribution in [0, 0.1) is 0 Å². The summed E-state index contributed by atoms with van der Waals surface area (Å²) in [6.45, 7) is 3.90. The van der Waals surface area contributed by atoms with Gasteiger partial charge in [0, 0.05) is 18.2 Å². The average molecular weight is 251 g/mol. The molecular weight excluding hydrogens is 234 g/mol. The molecule has 1 unspecified atom stereocenters. The largest absolute Gasteiger partial charge is 0.508 e. The van der Waals surface area contributed by atoms with E-state index in [1.54, 1.807) is 26.0 Å². The highest BCUT2D eigenvalue weighted by Gasteiger charge is 2.21. The van der Waals surface area contributed by atoms with Crippen molar-refractivity contribution in [2.24, 2.45) is 0 Å². The van der Waals surface area contributed by atoms with Gasteiger partial charge in [0.15, 0.2) is 0 Å². The van der Waals surface area contributed by atoms with Gasteiger partial charge in [-0.3, -0.25) is 9.59 Å². The molecule has 1 amide bonds. The molecule has 0 aliphatic rings. The fraction of sp³-hybridized carbons (Fsp3) is 0.385. The van der Waals surface area contributed by atoms with E-state index in [4.69, 9.17) is 5.11 Å². The highest BCUT2D eigenvalue weighted by molar-refractivity contribution is 5.95. The number of benzene rings is 1. The van der Waals surface area contributed by atoms with Crippen LogP contribution >= 0.6 is 0 Å². The predicted octanol–water partition coefficient (Wildman–Crippen LogP) is 1.72. The van der Waals surface area contributed by atoms with Gasteiger partial charge < -0.3 is 15.1 Å². The average Bonchev–Trinajstić information content (AvgIpc) is 2.28. The van der Waals surface area contributed by atoms with E-state index in [1.165, 1.54) is 17.0 Å². The summed E-state index contributed by atoms with van der Waals surface area (Å²) >= 11 is 0. The molecule has 0 aliphatic carbocycles. The molecule has 0 radical (unpaired) electrons. The van der Waals surface area contributed by atoms with Crippen LogP contribution in [0.3, 0.4) is 0 Å². The molecule has 0 aliphatic heterocycles. The SMILES string of the molecule is CCN(C(=O)c1cccc(O)c1)C(C)CC(=O)O. The summed E-state index contributed by atoms with van der Waals surface area (Å²) in [4.78, 5) is 24.3. The van der Waals surface area contributed by atoms with Crippen LogP contribution in [-0.2, 0) is 4.79 Å². The molecule has 5 nitrogen and oxygen atoms in total. The monoisotopic (exact) mass is 251 g/mol. The fourth-order valence-electron chi connectivity index (χ4n) is 1.82. The second kappa shape index (κ2) is 6.05. The Morgan fingerprint density at radius 2 is 2.06 bits per heavy atom. The first kappa shape index (κ1) is 14.0. The van der Waals surface area contributed by atoms with Crippen molar-refractivity contribution in [1.29, 1.82) is 0 Å². The number of carboxylic acid groups (broad SMARTS) is 1. The van der Waals surface area contributed by atoms with Gasteiger partial charge in [0.2, 0.25) is 0 Å². The summed E-state index contributed by atoms with van der Waals surface area (Å²) in [5.74, 6) is -1.20. The van der Waals surface area contributed by atoms with Crippen LogP contribution < -0.4 is 0 Å². The van der Waals surface area contributed by atoms with Crippen LogP contribution in [0.2, 0.25) is 0 Å². The van der Waals surface area contributed by atoms with E-state index in [0.717, 1.165) is 0 Å². The Hall–Kier alpha value is -2.04. The van der Waals surface area contributed by atoms with Crippen molar-refractivity contribution in [2.45, 2.75) is 26.3 Å². The number of carboxylic acids is 1. The molecule has 0 fully saturated rings. The summed E-state index contributed by atoms with van der Waals surface area (Å²) in [7, 11) is 0. The minimum absolute atomic E-state index is 0.0165. The number of rotatable bonds is 5. The maximum Gasteiger partial charge on any atom is 0.305 e. The Bertz CT molecular complexity index is 444. The molecule has 5 heteroatoms. The molecule has 1 aromatic carbocycles. The Labute approximate surface area is 106 Å². The van der Waals surface area contributed by atoms with E-state index in [0.29, 0.717) is 12.1 Å². The van der Waals surface area contributed by atoms with Crippen molar-refractivity contribution >= 4 is 11.9 Å². The molecule has 0 aromatic heterocycles. The van der Waals surface area contributed by atoms with Crippen LogP contribution in [0.4, 0.5) is 0 Å². The molecule has 0 heterocycles. The molecular formula is C13H17NO4. The maximum atomic E-state index is 12.2. The molecule has 0 bridgehead atoms. The third kappa shape index (κ3) is 3.48. The lowest BCUT2D eigenvalue weighted by Gasteiger charge is -2.27. The number of phenols is 1. The van der Waals surface area contributed by atoms with Crippen molar-refractivity contribution in [3.05, 3.63) is 29.8 Å². The normalized spacial score (nSPS) is 11.9. The lowest BCUT2D eigenvalue weighted by molar-refractivity contribution is -0.138. The summed E-state index contributed by atoms with van der Waals surface area (Å²) in [6, 6.07) is 5.64. The van der Waals surface area contributed by atoms with Crippen LogP contribution in [0.15, 0.2) is 24.3 Å². The van der Waals surface area contributed by atoms with Crippen LogP contribution in [-0.4, -0.2) is 39.6 Å². The third-order valence-corrected chi connectivity index (χ3v) is 2.70. The number of amides is 1. The second-order valence-corrected chi connectivity index (χ2v) is 4.09. The molecule has 18 heavy (non-hydrogen) atoms. The fourth-order valence-corrected chi connectivity index (χ4v) is 1.82. The molecule has 1 atom stereocenters. The maximum absolute atomic E-state index is 12.2. The number of carbonyl (C=O) groups is 2. The first-order chi connectivity index (χ1) is 8.45. The van der Waals surface area contributed by atoms with Gasteiger partial charge >= 0.3 is 5.97 Å². The van der Waals surface area contributed by atoms with Gasteiger partial charge in [0.05, 0.1) is 6.42 Å². The number of hydrogen-bond donors (Lipinski definition) is 2. The Balaban J connectivity index is 2.88. The van der Waals surface area contributed by atoms with E-state index in [9.17, 15) is 14.7 Å². The van der Waals surface area contributed by atoms with E-state index in [2.05, 4.69) is 0 Å². The molecule has 98 valence electrons. The Kier molecular flexibility index (Phi) is 4.71. The van der Waals surface area contributed by atoms with Crippen molar-refractivity contribution in [3.63, 3.8) is 0 Å². The number of aliphatic carboxylic acids is 1. The molecule has 0 saturated carbocycles. The zero-order valence-electron chi connectivity index (χ0n) is 10.5. The highest BCUT2D eigenvalue weighted by Crippen LogP contribution is 2.15. The number of nitrogens with zero attached hydrogens (tertiary/aromatic N) is 1. The zero-order chi connectivity index (χ0) is 13.7. The summed E-state index contributed by atoms with van der Waals surface area (Å²) < 4.78 is 0. The summed E-state index contributed by atoms with van der Waals surface area (Å²) in [5, 5.41) is 18.1. The van der Waals surface area contributed by atoms with Crippen molar-refractivity contribution in [3.8, 4) is 5.75 Å².